The van der Waals surface area contributed by atoms with E-state index in [-0.39, 0.29) is 24.1 Å². The molecule has 1 aromatic carbocycles. The van der Waals surface area contributed by atoms with E-state index < -0.39 is 5.97 Å². The zero-order chi connectivity index (χ0) is 13.3. The summed E-state index contributed by atoms with van der Waals surface area (Å²) in [4.78, 5) is 29.2. The number of carboxylic acid groups (broad SMARTS) is 1. The van der Waals surface area contributed by atoms with Gasteiger partial charge in [-0.05, 0) is 37.1 Å². The Bertz CT molecular complexity index is 674. The maximum absolute atomic E-state index is 11.7. The van der Waals surface area contributed by atoms with E-state index in [9.17, 15) is 9.59 Å². The number of aryl methyl sites for hydroxylation is 3. The number of nitrogens with zero attached hydrogens (tertiary/aromatic N) is 1. The number of aromatic nitrogens is 2. The van der Waals surface area contributed by atoms with Gasteiger partial charge in [-0.15, -0.1) is 0 Å². The molecule has 5 heteroatoms. The van der Waals surface area contributed by atoms with Crippen LogP contribution in [0.25, 0.3) is 11.0 Å². The van der Waals surface area contributed by atoms with Crippen molar-refractivity contribution < 1.29 is 9.90 Å². The van der Waals surface area contributed by atoms with Crippen molar-refractivity contribution in [1.29, 1.82) is 0 Å². The molecule has 18 heavy (non-hydrogen) atoms. The number of nitrogens with one attached hydrogen (secondary N) is 1. The molecule has 0 aliphatic carbocycles. The lowest BCUT2D eigenvalue weighted by Crippen LogP contribution is -2.16. The number of fused-ring (bicyclic) bond motifs is 1. The first-order valence-electron chi connectivity index (χ1n) is 5.69. The molecule has 1 aromatic heterocycles. The van der Waals surface area contributed by atoms with Crippen LogP contribution < -0.4 is 5.56 Å². The summed E-state index contributed by atoms with van der Waals surface area (Å²) < 4.78 is 0. The van der Waals surface area contributed by atoms with Crippen LogP contribution in [0.5, 0.6) is 0 Å². The maximum atomic E-state index is 11.7. The minimum absolute atomic E-state index is 0.0908. The van der Waals surface area contributed by atoms with Gasteiger partial charge in [-0.1, -0.05) is 0 Å². The van der Waals surface area contributed by atoms with Crippen molar-refractivity contribution in [2.45, 2.75) is 26.7 Å². The third kappa shape index (κ3) is 2.40. The van der Waals surface area contributed by atoms with E-state index in [0.717, 1.165) is 11.1 Å². The van der Waals surface area contributed by atoms with Crippen molar-refractivity contribution in [3.8, 4) is 0 Å². The predicted octanol–water partition coefficient (Wildman–Crippen LogP) is 1.56. The minimum Gasteiger partial charge on any atom is -0.481 e. The number of carbonyl (C=O) groups is 1. The highest BCUT2D eigenvalue weighted by Gasteiger charge is 2.08. The Morgan fingerprint density at radius 1 is 1.33 bits per heavy atom. The van der Waals surface area contributed by atoms with Gasteiger partial charge in [0.15, 0.2) is 0 Å². The quantitative estimate of drug-likeness (QED) is 0.860. The monoisotopic (exact) mass is 246 g/mol. The number of benzene rings is 1. The van der Waals surface area contributed by atoms with Gasteiger partial charge in [-0.25, -0.2) is 4.98 Å². The number of hydrogen-bond acceptors (Lipinski definition) is 3. The largest absolute Gasteiger partial charge is 0.481 e. The van der Waals surface area contributed by atoms with Crippen LogP contribution in [0.3, 0.4) is 0 Å². The van der Waals surface area contributed by atoms with Gasteiger partial charge in [-0.2, -0.15) is 0 Å². The zero-order valence-corrected chi connectivity index (χ0v) is 10.3. The number of aromatic amines is 1. The van der Waals surface area contributed by atoms with E-state index in [1.54, 1.807) is 0 Å². The van der Waals surface area contributed by atoms with Crippen LogP contribution in [-0.4, -0.2) is 21.0 Å². The molecule has 0 spiro atoms. The van der Waals surface area contributed by atoms with Crippen molar-refractivity contribution in [2.24, 2.45) is 0 Å². The van der Waals surface area contributed by atoms with Gasteiger partial charge in [0, 0.05) is 6.42 Å². The summed E-state index contributed by atoms with van der Waals surface area (Å²) in [5.41, 5.74) is 3.50. The van der Waals surface area contributed by atoms with Crippen LogP contribution in [0, 0.1) is 13.8 Å². The van der Waals surface area contributed by atoms with Crippen LogP contribution in [0.15, 0.2) is 16.9 Å². The molecule has 94 valence electrons. The third-order valence-corrected chi connectivity index (χ3v) is 2.95. The highest BCUT2D eigenvalue weighted by molar-refractivity contribution is 5.76. The fraction of sp³-hybridized carbons (Fsp3) is 0.308. The molecule has 0 bridgehead atoms. The first-order chi connectivity index (χ1) is 8.47. The summed E-state index contributed by atoms with van der Waals surface area (Å²) in [7, 11) is 0. The van der Waals surface area contributed by atoms with E-state index in [2.05, 4.69) is 9.97 Å². The van der Waals surface area contributed by atoms with Crippen LogP contribution in [0.2, 0.25) is 0 Å². The Morgan fingerprint density at radius 2 is 2.00 bits per heavy atom. The topological polar surface area (TPSA) is 83.0 Å². The van der Waals surface area contributed by atoms with Crippen LogP contribution in [0.1, 0.15) is 23.2 Å². The molecule has 2 rings (SSSR count). The summed E-state index contributed by atoms with van der Waals surface area (Å²) in [5, 5.41) is 8.62. The van der Waals surface area contributed by atoms with Crippen LogP contribution in [-0.2, 0) is 11.2 Å². The summed E-state index contributed by atoms with van der Waals surface area (Å²) in [5.74, 6) is -0.934. The molecule has 0 aliphatic heterocycles. The van der Waals surface area contributed by atoms with E-state index >= 15 is 0 Å². The number of rotatable bonds is 3. The standard InChI is InChI=1S/C13H14N2O3/c1-7-5-10-11(6-8(7)2)15-13(18)9(14-10)3-4-12(16)17/h5-6H,3-4H2,1-2H3,(H,15,18)(H,16,17). The molecule has 0 saturated heterocycles. The average Bonchev–Trinajstić information content (AvgIpc) is 2.29. The average molecular weight is 246 g/mol. The van der Waals surface area contributed by atoms with Gasteiger partial charge in [0.05, 0.1) is 17.5 Å². The molecule has 2 N–H and O–H groups in total. The van der Waals surface area contributed by atoms with Crippen molar-refractivity contribution in [3.63, 3.8) is 0 Å². The smallest absolute Gasteiger partial charge is 0.303 e. The second-order valence-corrected chi connectivity index (χ2v) is 4.36. The minimum atomic E-state index is -0.934. The number of H-pyrrole nitrogens is 1. The third-order valence-electron chi connectivity index (χ3n) is 2.95. The predicted molar refractivity (Wildman–Crippen MR) is 67.8 cm³/mol. The molecule has 0 aliphatic rings. The van der Waals surface area contributed by atoms with Crippen LogP contribution in [0.4, 0.5) is 0 Å². The summed E-state index contributed by atoms with van der Waals surface area (Å²) >= 11 is 0. The lowest BCUT2D eigenvalue weighted by Gasteiger charge is -2.05. The molecule has 1 heterocycles. The molecular formula is C13H14N2O3. The molecule has 0 unspecified atom stereocenters. The Hall–Kier alpha value is -2.17. The molecule has 0 atom stereocenters. The second-order valence-electron chi connectivity index (χ2n) is 4.36. The maximum Gasteiger partial charge on any atom is 0.303 e. The fourth-order valence-electron chi connectivity index (χ4n) is 1.78. The molecule has 5 nitrogen and oxygen atoms in total. The van der Waals surface area contributed by atoms with E-state index in [1.165, 1.54) is 0 Å². The van der Waals surface area contributed by atoms with Crippen molar-refractivity contribution >= 4 is 17.0 Å². The van der Waals surface area contributed by atoms with Gasteiger partial charge in [-0.3, -0.25) is 9.59 Å². The summed E-state index contributed by atoms with van der Waals surface area (Å²) in [6.45, 7) is 3.93. The zero-order valence-electron chi connectivity index (χ0n) is 10.3. The molecule has 0 fully saturated rings. The Kier molecular flexibility index (Phi) is 3.14. The normalized spacial score (nSPS) is 10.8. The van der Waals surface area contributed by atoms with E-state index in [1.807, 2.05) is 26.0 Å². The van der Waals surface area contributed by atoms with Gasteiger partial charge >= 0.3 is 5.97 Å². The van der Waals surface area contributed by atoms with Crippen LogP contribution >= 0.6 is 0 Å². The second kappa shape index (κ2) is 4.60. The number of aliphatic carboxylic acids is 1. The Balaban J connectivity index is 2.50. The fourth-order valence-corrected chi connectivity index (χ4v) is 1.78. The van der Waals surface area contributed by atoms with E-state index in [0.29, 0.717) is 11.0 Å². The molecule has 2 aromatic rings. The summed E-state index contributed by atoms with van der Waals surface area (Å²) in [6, 6.07) is 3.77. The van der Waals surface area contributed by atoms with E-state index in [4.69, 9.17) is 5.11 Å². The van der Waals surface area contributed by atoms with Gasteiger partial charge in [0.25, 0.3) is 5.56 Å². The van der Waals surface area contributed by atoms with Gasteiger partial charge in [0.1, 0.15) is 5.69 Å². The first kappa shape index (κ1) is 12.3. The van der Waals surface area contributed by atoms with Crippen molar-refractivity contribution in [3.05, 3.63) is 39.3 Å². The lowest BCUT2D eigenvalue weighted by molar-refractivity contribution is -0.136. The van der Waals surface area contributed by atoms with Gasteiger partial charge in [0.2, 0.25) is 0 Å². The van der Waals surface area contributed by atoms with Crippen molar-refractivity contribution in [1.82, 2.24) is 9.97 Å². The lowest BCUT2D eigenvalue weighted by atomic mass is 10.1. The molecule has 0 saturated carbocycles. The Morgan fingerprint density at radius 3 is 2.67 bits per heavy atom. The first-order valence-corrected chi connectivity index (χ1v) is 5.69. The molecule has 0 radical (unpaired) electrons. The Labute approximate surface area is 103 Å². The number of carboxylic acids is 1. The van der Waals surface area contributed by atoms with Gasteiger partial charge < -0.3 is 10.1 Å². The highest BCUT2D eigenvalue weighted by atomic mass is 16.4. The number of hydrogen-bond donors (Lipinski definition) is 2. The SMILES string of the molecule is Cc1cc2nc(CCC(=O)O)c(=O)[nH]c2cc1C. The molecular weight excluding hydrogens is 232 g/mol. The summed E-state index contributed by atoms with van der Waals surface area (Å²) in [6.07, 6.45) is 0.0555. The molecule has 0 amide bonds. The highest BCUT2D eigenvalue weighted by Crippen LogP contribution is 2.15. The van der Waals surface area contributed by atoms with Crippen molar-refractivity contribution in [2.75, 3.05) is 0 Å².